The van der Waals surface area contributed by atoms with E-state index in [1.165, 1.54) is 6.42 Å². The zero-order chi connectivity index (χ0) is 11.4. The molecule has 0 amide bonds. The predicted octanol–water partition coefficient (Wildman–Crippen LogP) is 2.35. The van der Waals surface area contributed by atoms with E-state index in [0.29, 0.717) is 12.0 Å². The lowest BCUT2D eigenvalue weighted by Gasteiger charge is -2.45. The van der Waals surface area contributed by atoms with Gasteiger partial charge >= 0.3 is 0 Å². The van der Waals surface area contributed by atoms with Crippen LogP contribution in [-0.4, -0.2) is 37.1 Å². The van der Waals surface area contributed by atoms with Crippen molar-refractivity contribution in [3.63, 3.8) is 0 Å². The van der Waals surface area contributed by atoms with E-state index in [1.54, 1.807) is 0 Å². The molecule has 0 aromatic carbocycles. The Morgan fingerprint density at radius 2 is 1.71 bits per heavy atom. The smallest absolute Gasteiger partial charge is 0.0328 e. The molecule has 1 N–H and O–H groups in total. The van der Waals surface area contributed by atoms with E-state index in [-0.39, 0.29) is 5.54 Å². The van der Waals surface area contributed by atoms with Gasteiger partial charge in [0.1, 0.15) is 0 Å². The van der Waals surface area contributed by atoms with Crippen molar-refractivity contribution in [1.82, 2.24) is 10.2 Å². The van der Waals surface area contributed by atoms with Crippen LogP contribution in [0, 0.1) is 5.92 Å². The van der Waals surface area contributed by atoms with Crippen LogP contribution in [0.2, 0.25) is 0 Å². The molecule has 0 spiro atoms. The first-order chi connectivity index (χ1) is 6.40. The van der Waals surface area contributed by atoms with Gasteiger partial charge in [-0.3, -0.25) is 0 Å². The molecule has 86 valence electrons. The minimum Gasteiger partial charge on any atom is -0.312 e. The topological polar surface area (TPSA) is 15.3 Å². The largest absolute Gasteiger partial charge is 0.312 e. The molecule has 2 unspecified atom stereocenters. The maximum absolute atomic E-state index is 3.61. The van der Waals surface area contributed by atoms with Gasteiger partial charge in [0.05, 0.1) is 0 Å². The van der Waals surface area contributed by atoms with Crippen molar-refractivity contribution in [2.24, 2.45) is 5.92 Å². The Labute approximate surface area is 90.1 Å². The Morgan fingerprint density at radius 3 is 1.93 bits per heavy atom. The van der Waals surface area contributed by atoms with Crippen LogP contribution in [-0.2, 0) is 0 Å². The average molecular weight is 200 g/mol. The number of nitrogens with one attached hydrogen (secondary N) is 1. The van der Waals surface area contributed by atoms with Gasteiger partial charge in [-0.15, -0.1) is 0 Å². The third-order valence-electron chi connectivity index (χ3n) is 3.50. The average Bonchev–Trinajstić information content (AvgIpc) is 2.12. The van der Waals surface area contributed by atoms with Gasteiger partial charge in [0.15, 0.2) is 0 Å². The molecule has 2 nitrogen and oxygen atoms in total. The lowest BCUT2D eigenvalue weighted by Crippen LogP contribution is -2.59. The number of hydrogen-bond acceptors (Lipinski definition) is 2. The van der Waals surface area contributed by atoms with Crippen LogP contribution in [0.25, 0.3) is 0 Å². The molecule has 0 aliphatic heterocycles. The fourth-order valence-corrected chi connectivity index (χ4v) is 2.21. The molecule has 0 radical (unpaired) electrons. The lowest BCUT2D eigenvalue weighted by atomic mass is 9.81. The molecular weight excluding hydrogens is 172 g/mol. The van der Waals surface area contributed by atoms with Crippen LogP contribution >= 0.6 is 0 Å². The highest BCUT2D eigenvalue weighted by Gasteiger charge is 2.35. The Bertz CT molecular complexity index is 154. The fourth-order valence-electron chi connectivity index (χ4n) is 2.21. The molecule has 2 heteroatoms. The third-order valence-corrected chi connectivity index (χ3v) is 3.50. The number of nitrogens with zero attached hydrogens (tertiary/aromatic N) is 1. The molecule has 0 bridgehead atoms. The van der Waals surface area contributed by atoms with E-state index in [2.05, 4.69) is 58.9 Å². The Hall–Kier alpha value is -0.0800. The van der Waals surface area contributed by atoms with Crippen LogP contribution in [0.3, 0.4) is 0 Å². The van der Waals surface area contributed by atoms with Gasteiger partial charge in [-0.2, -0.15) is 0 Å². The first kappa shape index (κ1) is 13.9. The van der Waals surface area contributed by atoms with Crippen molar-refractivity contribution in [1.29, 1.82) is 0 Å². The van der Waals surface area contributed by atoms with Crippen molar-refractivity contribution < 1.29 is 0 Å². The normalized spacial score (nSPS) is 18.6. The molecule has 0 aliphatic rings. The molecule has 0 fully saturated rings. The van der Waals surface area contributed by atoms with Gasteiger partial charge in [-0.05, 0) is 39.9 Å². The summed E-state index contributed by atoms with van der Waals surface area (Å²) in [5, 5.41) is 3.61. The van der Waals surface area contributed by atoms with Crippen molar-refractivity contribution in [3.05, 3.63) is 0 Å². The third kappa shape index (κ3) is 2.96. The number of likely N-dealkylation sites (N-methyl/N-ethyl adjacent to an activating group) is 2. The van der Waals surface area contributed by atoms with E-state index >= 15 is 0 Å². The highest BCUT2D eigenvalue weighted by molar-refractivity contribution is 4.95. The molecule has 0 rings (SSSR count). The highest BCUT2D eigenvalue weighted by Crippen LogP contribution is 2.25. The zero-order valence-corrected chi connectivity index (χ0v) is 11.0. The first-order valence-corrected chi connectivity index (χ1v) is 5.80. The van der Waals surface area contributed by atoms with Gasteiger partial charge in [0.25, 0.3) is 0 Å². The zero-order valence-electron chi connectivity index (χ0n) is 11.0. The minimum absolute atomic E-state index is 0.254. The van der Waals surface area contributed by atoms with Gasteiger partial charge in [0.2, 0.25) is 0 Å². The summed E-state index contributed by atoms with van der Waals surface area (Å²) < 4.78 is 0. The summed E-state index contributed by atoms with van der Waals surface area (Å²) in [7, 11) is 4.35. The van der Waals surface area contributed by atoms with E-state index in [9.17, 15) is 0 Å². The number of rotatable bonds is 6. The number of hydrogen-bond donors (Lipinski definition) is 1. The summed E-state index contributed by atoms with van der Waals surface area (Å²) in [4.78, 5) is 2.35. The molecule has 0 heterocycles. The predicted molar refractivity (Wildman–Crippen MR) is 64.7 cm³/mol. The van der Waals surface area contributed by atoms with Crippen molar-refractivity contribution in [3.8, 4) is 0 Å². The second-order valence-electron chi connectivity index (χ2n) is 4.88. The SMILES string of the molecule is CCNC(C(C)C)C(C)(CC)N(C)C. The molecule has 0 saturated heterocycles. The molecule has 2 atom stereocenters. The van der Waals surface area contributed by atoms with E-state index < -0.39 is 0 Å². The van der Waals surface area contributed by atoms with Crippen LogP contribution < -0.4 is 5.32 Å². The molecular formula is C12H28N2. The summed E-state index contributed by atoms with van der Waals surface area (Å²) in [5.74, 6) is 0.669. The maximum Gasteiger partial charge on any atom is 0.0328 e. The van der Waals surface area contributed by atoms with Crippen molar-refractivity contribution >= 4 is 0 Å². The maximum atomic E-state index is 3.61. The van der Waals surface area contributed by atoms with Crippen molar-refractivity contribution in [2.45, 2.75) is 52.6 Å². The summed E-state index contributed by atoms with van der Waals surface area (Å²) >= 11 is 0. The van der Waals surface area contributed by atoms with Crippen LogP contribution in [0.15, 0.2) is 0 Å². The fraction of sp³-hybridized carbons (Fsp3) is 1.00. The standard InChI is InChI=1S/C12H28N2/c1-8-12(5,14(6)7)11(10(3)4)13-9-2/h10-11,13H,8-9H2,1-7H3. The molecule has 14 heavy (non-hydrogen) atoms. The monoisotopic (exact) mass is 200 g/mol. The van der Waals surface area contributed by atoms with Gasteiger partial charge in [0, 0.05) is 11.6 Å². The summed E-state index contributed by atoms with van der Waals surface area (Å²) in [6, 6.07) is 0.562. The second kappa shape index (κ2) is 5.72. The lowest BCUT2D eigenvalue weighted by molar-refractivity contribution is 0.0899. The van der Waals surface area contributed by atoms with Gasteiger partial charge < -0.3 is 10.2 Å². The van der Waals surface area contributed by atoms with Crippen molar-refractivity contribution in [2.75, 3.05) is 20.6 Å². The Morgan fingerprint density at radius 1 is 1.21 bits per heavy atom. The Kier molecular flexibility index (Phi) is 5.68. The minimum atomic E-state index is 0.254. The summed E-state index contributed by atoms with van der Waals surface area (Å²) in [5.41, 5.74) is 0.254. The molecule has 0 aromatic rings. The summed E-state index contributed by atoms with van der Waals surface area (Å²) in [6.45, 7) is 12.4. The van der Waals surface area contributed by atoms with E-state index in [4.69, 9.17) is 0 Å². The van der Waals surface area contributed by atoms with Crippen LogP contribution in [0.4, 0.5) is 0 Å². The van der Waals surface area contributed by atoms with Crippen LogP contribution in [0.1, 0.15) is 41.0 Å². The quantitative estimate of drug-likeness (QED) is 0.708. The van der Waals surface area contributed by atoms with Gasteiger partial charge in [-0.25, -0.2) is 0 Å². The van der Waals surface area contributed by atoms with Crippen LogP contribution in [0.5, 0.6) is 0 Å². The van der Waals surface area contributed by atoms with E-state index in [1.807, 2.05) is 0 Å². The highest BCUT2D eigenvalue weighted by atomic mass is 15.2. The molecule has 0 aromatic heterocycles. The second-order valence-corrected chi connectivity index (χ2v) is 4.88. The van der Waals surface area contributed by atoms with Gasteiger partial charge in [-0.1, -0.05) is 27.7 Å². The molecule has 0 saturated carbocycles. The first-order valence-electron chi connectivity index (χ1n) is 5.80. The summed E-state index contributed by atoms with van der Waals surface area (Å²) in [6.07, 6.45) is 1.18. The van der Waals surface area contributed by atoms with E-state index in [0.717, 1.165) is 6.54 Å². The Balaban J connectivity index is 4.73. The molecule has 0 aliphatic carbocycles.